The van der Waals surface area contributed by atoms with Gasteiger partial charge >= 0.3 is 14.6 Å². The van der Waals surface area contributed by atoms with Crippen LogP contribution >= 0.6 is 0 Å². The Hall–Kier alpha value is -1.13. The van der Waals surface area contributed by atoms with E-state index in [1.54, 1.807) is 9.80 Å². The normalized spacial score (nSPS) is 22.1. The van der Waals surface area contributed by atoms with E-state index in [9.17, 15) is 9.59 Å². The van der Waals surface area contributed by atoms with Crippen LogP contribution in [0.2, 0.25) is 0 Å². The molecule has 0 radical (unpaired) electrons. The van der Waals surface area contributed by atoms with Crippen LogP contribution in [-0.4, -0.2) is 89.9 Å². The van der Waals surface area contributed by atoms with Gasteiger partial charge < -0.3 is 33.0 Å². The Kier molecular flexibility index (Phi) is 6.96. The van der Waals surface area contributed by atoms with E-state index >= 15 is 0 Å². The van der Waals surface area contributed by atoms with Gasteiger partial charge in [-0.3, -0.25) is 9.59 Å². The molecule has 2 amide bonds. The quantitative estimate of drug-likeness (QED) is 0.437. The summed E-state index contributed by atoms with van der Waals surface area (Å²) in [6, 6.07) is 0. The van der Waals surface area contributed by atoms with Gasteiger partial charge in [0.2, 0.25) is 12.8 Å². The Bertz CT molecular complexity index is 289. The molecular weight excluding hydrogens is 282 g/mol. The Morgan fingerprint density at radius 1 is 0.714 bits per heavy atom. The molecule has 0 unspecified atom stereocenters. The monoisotopic (exact) mass is 300 g/mol. The fourth-order valence-electron chi connectivity index (χ4n) is 1.84. The lowest BCUT2D eigenvalue weighted by Gasteiger charge is -2.27. The maximum Gasteiger partial charge on any atom is 0.627 e. The number of amides is 2. The zero-order chi connectivity index (χ0) is 14.9. The van der Waals surface area contributed by atoms with E-state index in [4.69, 9.17) is 23.2 Å². The Morgan fingerprint density at radius 2 is 1.05 bits per heavy atom. The van der Waals surface area contributed by atoms with E-state index in [0.717, 1.165) is 12.8 Å². The van der Waals surface area contributed by atoms with Crippen LogP contribution in [0.4, 0.5) is 0 Å². The molecule has 116 valence electrons. The first-order valence-electron chi connectivity index (χ1n) is 6.82. The molecule has 0 bridgehead atoms. The van der Waals surface area contributed by atoms with Crippen LogP contribution in [0.3, 0.4) is 0 Å². The molecule has 0 atom stereocenters. The summed E-state index contributed by atoms with van der Waals surface area (Å²) in [6.07, 6.45) is 1.52. The zero-order valence-electron chi connectivity index (χ0n) is 11.7. The lowest BCUT2D eigenvalue weighted by atomic mass is 10.1. The predicted octanol–water partition coefficient (Wildman–Crippen LogP) is -2.02. The molecular formula is C10H18B2N2O7. The van der Waals surface area contributed by atoms with E-state index in [0.29, 0.717) is 52.6 Å². The summed E-state index contributed by atoms with van der Waals surface area (Å²) in [5, 5.41) is 0. The van der Waals surface area contributed by atoms with Crippen molar-refractivity contribution in [1.29, 1.82) is 0 Å². The van der Waals surface area contributed by atoms with E-state index in [1.807, 2.05) is 0 Å². The first kappa shape index (κ1) is 16.2. The maximum atomic E-state index is 10.7. The molecule has 2 fully saturated rings. The van der Waals surface area contributed by atoms with E-state index in [-0.39, 0.29) is 0 Å². The SMILES string of the molecule is O=CN1CCOB(OB2OCCN(C=O)CCO2)OCC1. The highest BCUT2D eigenvalue weighted by Crippen LogP contribution is 2.04. The second-order valence-electron chi connectivity index (χ2n) is 4.48. The van der Waals surface area contributed by atoms with Gasteiger partial charge in [-0.1, -0.05) is 0 Å². The van der Waals surface area contributed by atoms with Crippen molar-refractivity contribution >= 4 is 27.5 Å². The van der Waals surface area contributed by atoms with Crippen molar-refractivity contribution < 1.29 is 32.8 Å². The van der Waals surface area contributed by atoms with E-state index in [1.165, 1.54) is 0 Å². The van der Waals surface area contributed by atoms with E-state index < -0.39 is 14.6 Å². The summed E-state index contributed by atoms with van der Waals surface area (Å²) < 4.78 is 26.9. The molecule has 0 saturated carbocycles. The van der Waals surface area contributed by atoms with Gasteiger partial charge in [0.25, 0.3) is 0 Å². The van der Waals surface area contributed by atoms with Crippen LogP contribution in [-0.2, 0) is 32.8 Å². The minimum Gasteiger partial charge on any atom is -0.399 e. The molecule has 2 rings (SSSR count). The van der Waals surface area contributed by atoms with Gasteiger partial charge in [0.05, 0.1) is 26.4 Å². The van der Waals surface area contributed by atoms with Crippen LogP contribution < -0.4 is 0 Å². The van der Waals surface area contributed by atoms with Crippen LogP contribution in [0, 0.1) is 0 Å². The van der Waals surface area contributed by atoms with Gasteiger partial charge in [0, 0.05) is 26.2 Å². The van der Waals surface area contributed by atoms with Crippen molar-refractivity contribution in [2.75, 3.05) is 52.6 Å². The molecule has 9 nitrogen and oxygen atoms in total. The lowest BCUT2D eigenvalue weighted by Crippen LogP contribution is -2.46. The molecule has 0 aromatic heterocycles. The van der Waals surface area contributed by atoms with Gasteiger partial charge in [-0.15, -0.1) is 0 Å². The molecule has 11 heteroatoms. The minimum absolute atomic E-state index is 0.301. The molecule has 0 N–H and O–H groups in total. The van der Waals surface area contributed by atoms with Crippen molar-refractivity contribution in [2.24, 2.45) is 0 Å². The number of carbonyl (C=O) groups excluding carboxylic acids is 2. The average molecular weight is 300 g/mol. The molecule has 0 aliphatic carbocycles. The van der Waals surface area contributed by atoms with Gasteiger partial charge in [-0.25, -0.2) is 0 Å². The van der Waals surface area contributed by atoms with Gasteiger partial charge in [-0.05, 0) is 0 Å². The summed E-state index contributed by atoms with van der Waals surface area (Å²) in [6.45, 7) is 3.12. The highest BCUT2D eigenvalue weighted by atomic mass is 16.8. The summed E-state index contributed by atoms with van der Waals surface area (Å²) in [5.74, 6) is 0. The first-order chi connectivity index (χ1) is 10.3. The molecule has 2 saturated heterocycles. The summed E-state index contributed by atoms with van der Waals surface area (Å²) in [7, 11) is -1.80. The van der Waals surface area contributed by atoms with Gasteiger partial charge in [0.1, 0.15) is 0 Å². The Balaban J connectivity index is 1.73. The Labute approximate surface area is 123 Å². The molecule has 0 aromatic carbocycles. The van der Waals surface area contributed by atoms with Crippen molar-refractivity contribution in [3.8, 4) is 0 Å². The zero-order valence-corrected chi connectivity index (χ0v) is 11.7. The fraction of sp³-hybridized carbons (Fsp3) is 0.800. The number of rotatable bonds is 4. The second kappa shape index (κ2) is 9.00. The standard InChI is InChI=1S/C10H18B2N2O7/c15-9-13-1-5-17-11(18-6-2-13)21-12-19-7-3-14(10-16)4-8-20-12/h9-10H,1-8H2. The van der Waals surface area contributed by atoms with Gasteiger partial charge in [-0.2, -0.15) is 0 Å². The largest absolute Gasteiger partial charge is 0.627 e. The van der Waals surface area contributed by atoms with Gasteiger partial charge in [0.15, 0.2) is 0 Å². The lowest BCUT2D eigenvalue weighted by molar-refractivity contribution is -0.120. The molecule has 2 heterocycles. The predicted molar refractivity (Wildman–Crippen MR) is 71.7 cm³/mol. The summed E-state index contributed by atoms with van der Waals surface area (Å²) in [4.78, 5) is 24.4. The number of nitrogens with zero attached hydrogens (tertiary/aromatic N) is 2. The number of carbonyl (C=O) groups is 2. The molecule has 2 aliphatic rings. The molecule has 2 aliphatic heterocycles. The van der Waals surface area contributed by atoms with Crippen molar-refractivity contribution in [1.82, 2.24) is 9.80 Å². The van der Waals surface area contributed by atoms with Crippen molar-refractivity contribution in [3.05, 3.63) is 0 Å². The third kappa shape index (κ3) is 5.64. The fourth-order valence-corrected chi connectivity index (χ4v) is 1.84. The van der Waals surface area contributed by atoms with Crippen molar-refractivity contribution in [2.45, 2.75) is 0 Å². The maximum absolute atomic E-state index is 10.7. The summed E-state index contributed by atoms with van der Waals surface area (Å²) >= 11 is 0. The smallest absolute Gasteiger partial charge is 0.399 e. The van der Waals surface area contributed by atoms with E-state index in [2.05, 4.69) is 0 Å². The molecule has 0 aromatic rings. The molecule has 0 spiro atoms. The average Bonchev–Trinajstić information content (AvgIpc) is 2.44. The number of hydrogen-bond acceptors (Lipinski definition) is 7. The minimum atomic E-state index is -0.898. The highest BCUT2D eigenvalue weighted by molar-refractivity contribution is 6.51. The third-order valence-corrected chi connectivity index (χ3v) is 3.05. The summed E-state index contributed by atoms with van der Waals surface area (Å²) in [5.41, 5.74) is 0. The second-order valence-corrected chi connectivity index (χ2v) is 4.48. The Morgan fingerprint density at radius 3 is 1.33 bits per heavy atom. The van der Waals surface area contributed by atoms with Crippen molar-refractivity contribution in [3.63, 3.8) is 0 Å². The van der Waals surface area contributed by atoms with Crippen LogP contribution in [0.25, 0.3) is 0 Å². The van der Waals surface area contributed by atoms with Crippen LogP contribution in [0.1, 0.15) is 0 Å². The molecule has 21 heavy (non-hydrogen) atoms. The number of hydrogen-bond donors (Lipinski definition) is 0. The highest BCUT2D eigenvalue weighted by Gasteiger charge is 2.34. The van der Waals surface area contributed by atoms with Crippen LogP contribution in [0.15, 0.2) is 0 Å². The first-order valence-corrected chi connectivity index (χ1v) is 6.82. The van der Waals surface area contributed by atoms with Crippen LogP contribution in [0.5, 0.6) is 0 Å². The topological polar surface area (TPSA) is 86.8 Å². The third-order valence-electron chi connectivity index (χ3n) is 3.05.